The molecule has 3 heteroatoms. The van der Waals surface area contributed by atoms with Crippen molar-refractivity contribution in [2.75, 3.05) is 11.4 Å². The van der Waals surface area contributed by atoms with Crippen LogP contribution in [0.1, 0.15) is 0 Å². The Balaban J connectivity index is 2.26. The summed E-state index contributed by atoms with van der Waals surface area (Å²) in [6.45, 7) is 0.860. The quantitative estimate of drug-likeness (QED) is 0.682. The summed E-state index contributed by atoms with van der Waals surface area (Å²) in [6, 6.07) is 10.3. The van der Waals surface area contributed by atoms with Gasteiger partial charge < -0.3 is 4.90 Å². The fourth-order valence-electron chi connectivity index (χ4n) is 1.20. The van der Waals surface area contributed by atoms with Crippen LogP contribution < -0.4 is 4.90 Å². The molecular formula is C9H7BrN2. The first-order valence-corrected chi connectivity index (χ1v) is 4.53. The van der Waals surface area contributed by atoms with Gasteiger partial charge in [0, 0.05) is 4.47 Å². The van der Waals surface area contributed by atoms with Crippen LogP contribution in [0.3, 0.4) is 0 Å². The first-order valence-electron chi connectivity index (χ1n) is 3.73. The molecule has 1 heterocycles. The molecule has 1 unspecified atom stereocenters. The Kier molecular flexibility index (Phi) is 1.78. The summed E-state index contributed by atoms with van der Waals surface area (Å²) < 4.78 is 1.06. The molecule has 0 bridgehead atoms. The van der Waals surface area contributed by atoms with Crippen molar-refractivity contribution in [1.82, 2.24) is 0 Å². The van der Waals surface area contributed by atoms with Crippen molar-refractivity contribution in [2.24, 2.45) is 0 Å². The second-order valence-electron chi connectivity index (χ2n) is 2.75. The molecular weight excluding hydrogens is 216 g/mol. The number of rotatable bonds is 1. The second kappa shape index (κ2) is 2.80. The molecule has 1 aliphatic heterocycles. The second-order valence-corrected chi connectivity index (χ2v) is 3.60. The number of nitriles is 1. The molecule has 0 N–H and O–H groups in total. The average Bonchev–Trinajstić information content (AvgIpc) is 2.84. The minimum Gasteiger partial charge on any atom is -0.350 e. The van der Waals surface area contributed by atoms with Crippen molar-refractivity contribution in [2.45, 2.75) is 6.04 Å². The lowest BCUT2D eigenvalue weighted by Gasteiger charge is -2.04. The molecule has 1 aromatic carbocycles. The number of hydrogen-bond acceptors (Lipinski definition) is 2. The van der Waals surface area contributed by atoms with Gasteiger partial charge in [-0.2, -0.15) is 5.26 Å². The molecule has 0 aromatic heterocycles. The molecule has 2 nitrogen and oxygen atoms in total. The molecule has 1 saturated heterocycles. The van der Waals surface area contributed by atoms with E-state index in [0.717, 1.165) is 16.7 Å². The van der Waals surface area contributed by atoms with Crippen LogP contribution in [0.25, 0.3) is 0 Å². The minimum atomic E-state index is 0.0868. The Bertz CT molecular complexity index is 343. The molecule has 0 saturated carbocycles. The van der Waals surface area contributed by atoms with E-state index in [1.54, 1.807) is 0 Å². The van der Waals surface area contributed by atoms with Crippen LogP contribution in [0.4, 0.5) is 5.69 Å². The first-order chi connectivity index (χ1) is 5.83. The van der Waals surface area contributed by atoms with Gasteiger partial charge in [0.1, 0.15) is 6.04 Å². The summed E-state index contributed by atoms with van der Waals surface area (Å²) in [5.74, 6) is 0. The Morgan fingerprint density at radius 2 is 2.25 bits per heavy atom. The molecule has 0 spiro atoms. The van der Waals surface area contributed by atoms with E-state index in [2.05, 4.69) is 26.9 Å². The van der Waals surface area contributed by atoms with Crippen LogP contribution in [0, 0.1) is 11.3 Å². The van der Waals surface area contributed by atoms with Crippen molar-refractivity contribution in [3.63, 3.8) is 0 Å². The molecule has 0 radical (unpaired) electrons. The SMILES string of the molecule is N#CC1CN1c1ccccc1Br. The van der Waals surface area contributed by atoms with E-state index in [1.165, 1.54) is 0 Å². The maximum atomic E-state index is 8.62. The number of nitrogens with zero attached hydrogens (tertiary/aromatic N) is 2. The highest BCUT2D eigenvalue weighted by molar-refractivity contribution is 9.10. The molecule has 0 aliphatic carbocycles. The van der Waals surface area contributed by atoms with Crippen LogP contribution in [-0.4, -0.2) is 12.6 Å². The van der Waals surface area contributed by atoms with Crippen molar-refractivity contribution in [1.29, 1.82) is 5.26 Å². The molecule has 60 valence electrons. The van der Waals surface area contributed by atoms with Crippen LogP contribution in [-0.2, 0) is 0 Å². The summed E-state index contributed by atoms with van der Waals surface area (Å²) in [7, 11) is 0. The third-order valence-electron chi connectivity index (χ3n) is 1.92. The highest BCUT2D eigenvalue weighted by Gasteiger charge is 2.34. The van der Waals surface area contributed by atoms with Gasteiger partial charge in [0.25, 0.3) is 0 Å². The normalized spacial score (nSPS) is 20.3. The molecule has 12 heavy (non-hydrogen) atoms. The zero-order chi connectivity index (χ0) is 8.55. The zero-order valence-corrected chi connectivity index (χ0v) is 7.95. The van der Waals surface area contributed by atoms with Gasteiger partial charge in [-0.25, -0.2) is 0 Å². The van der Waals surface area contributed by atoms with E-state index < -0.39 is 0 Å². The third kappa shape index (κ3) is 1.19. The van der Waals surface area contributed by atoms with E-state index in [9.17, 15) is 0 Å². The van der Waals surface area contributed by atoms with Gasteiger partial charge in [0.15, 0.2) is 0 Å². The topological polar surface area (TPSA) is 26.8 Å². The summed E-state index contributed by atoms with van der Waals surface area (Å²) >= 11 is 3.44. The van der Waals surface area contributed by atoms with Crippen molar-refractivity contribution < 1.29 is 0 Å². The van der Waals surface area contributed by atoms with Gasteiger partial charge >= 0.3 is 0 Å². The van der Waals surface area contributed by atoms with Gasteiger partial charge in [0.2, 0.25) is 0 Å². The van der Waals surface area contributed by atoms with E-state index in [4.69, 9.17) is 5.26 Å². The Morgan fingerprint density at radius 3 is 2.83 bits per heavy atom. The minimum absolute atomic E-state index is 0.0868. The van der Waals surface area contributed by atoms with Gasteiger partial charge in [-0.05, 0) is 28.1 Å². The Labute approximate surface area is 79.5 Å². The summed E-state index contributed by atoms with van der Waals surface area (Å²) in [6.07, 6.45) is 0. The summed E-state index contributed by atoms with van der Waals surface area (Å²) in [5, 5.41) is 8.62. The fourth-order valence-corrected chi connectivity index (χ4v) is 1.71. The van der Waals surface area contributed by atoms with Crippen molar-refractivity contribution in [3.8, 4) is 6.07 Å². The first kappa shape index (κ1) is 7.63. The fraction of sp³-hybridized carbons (Fsp3) is 0.222. The third-order valence-corrected chi connectivity index (χ3v) is 2.59. The van der Waals surface area contributed by atoms with E-state index >= 15 is 0 Å². The maximum absolute atomic E-state index is 8.62. The Morgan fingerprint density at radius 1 is 1.50 bits per heavy atom. The standard InChI is InChI=1S/C9H7BrN2/c10-8-3-1-2-4-9(8)12-6-7(12)5-11/h1-4,7H,6H2. The van der Waals surface area contributed by atoms with Gasteiger partial charge in [-0.3, -0.25) is 0 Å². The van der Waals surface area contributed by atoms with Crippen molar-refractivity contribution >= 4 is 21.6 Å². The highest BCUT2D eigenvalue weighted by atomic mass is 79.9. The molecule has 2 rings (SSSR count). The maximum Gasteiger partial charge on any atom is 0.134 e. The number of halogens is 1. The largest absolute Gasteiger partial charge is 0.350 e. The van der Waals surface area contributed by atoms with Crippen molar-refractivity contribution in [3.05, 3.63) is 28.7 Å². The van der Waals surface area contributed by atoms with Crippen LogP contribution in [0.2, 0.25) is 0 Å². The summed E-state index contributed by atoms with van der Waals surface area (Å²) in [5.41, 5.74) is 1.11. The van der Waals surface area contributed by atoms with Crippen LogP contribution in [0.5, 0.6) is 0 Å². The number of anilines is 1. The lowest BCUT2D eigenvalue weighted by molar-refractivity contribution is 1.25. The molecule has 1 atom stereocenters. The average molecular weight is 223 g/mol. The van der Waals surface area contributed by atoms with Crippen LogP contribution in [0.15, 0.2) is 28.7 Å². The van der Waals surface area contributed by atoms with Gasteiger partial charge in [0.05, 0.1) is 18.3 Å². The monoisotopic (exact) mass is 222 g/mol. The van der Waals surface area contributed by atoms with Gasteiger partial charge in [-0.1, -0.05) is 12.1 Å². The molecule has 1 fully saturated rings. The predicted octanol–water partition coefficient (Wildman–Crippen LogP) is 2.16. The Hall–Kier alpha value is -1.01. The molecule has 0 amide bonds. The smallest absolute Gasteiger partial charge is 0.134 e. The lowest BCUT2D eigenvalue weighted by Crippen LogP contribution is -1.96. The molecule has 1 aliphatic rings. The number of benzene rings is 1. The predicted molar refractivity (Wildman–Crippen MR) is 50.9 cm³/mol. The van der Waals surface area contributed by atoms with E-state index in [1.807, 2.05) is 24.3 Å². The molecule has 1 aromatic rings. The van der Waals surface area contributed by atoms with E-state index in [-0.39, 0.29) is 6.04 Å². The van der Waals surface area contributed by atoms with E-state index in [0.29, 0.717) is 0 Å². The number of para-hydroxylation sites is 1. The zero-order valence-electron chi connectivity index (χ0n) is 6.37. The number of hydrogen-bond donors (Lipinski definition) is 0. The van der Waals surface area contributed by atoms with Gasteiger partial charge in [-0.15, -0.1) is 0 Å². The van der Waals surface area contributed by atoms with Crippen LogP contribution >= 0.6 is 15.9 Å². The summed E-state index contributed by atoms with van der Waals surface area (Å²) in [4.78, 5) is 2.06. The lowest BCUT2D eigenvalue weighted by atomic mass is 10.3. The highest BCUT2D eigenvalue weighted by Crippen LogP contribution is 2.33.